The maximum Gasteiger partial charge on any atom is 0.231 e. The molecular formula is C6H11N5O. The molecule has 0 saturated heterocycles. The van der Waals surface area contributed by atoms with Gasteiger partial charge in [-0.3, -0.25) is 9.48 Å². The lowest BCUT2D eigenvalue weighted by molar-refractivity contribution is -0.117. The average Bonchev–Trinajstić information content (AvgIpc) is 2.35. The molecule has 6 nitrogen and oxygen atoms in total. The topological polar surface area (TPSA) is 85.8 Å². The molecule has 0 unspecified atom stereocenters. The summed E-state index contributed by atoms with van der Waals surface area (Å²) in [5.41, 5.74) is 5.71. The Hall–Kier alpha value is -1.43. The fourth-order valence-electron chi connectivity index (χ4n) is 0.790. The molecule has 0 saturated carbocycles. The molecule has 12 heavy (non-hydrogen) atoms. The summed E-state index contributed by atoms with van der Waals surface area (Å²) in [6, 6.07) is 0. The number of nitrogens with one attached hydrogen (secondary N) is 1. The van der Waals surface area contributed by atoms with Gasteiger partial charge in [0.1, 0.15) is 0 Å². The Morgan fingerprint density at radius 3 is 3.08 bits per heavy atom. The maximum atomic E-state index is 10.3. The normalized spacial score (nSPS) is 10.1. The number of nitrogens with two attached hydrogens (primary N) is 1. The quantitative estimate of drug-likeness (QED) is 0.567. The van der Waals surface area contributed by atoms with Crippen LogP contribution in [0.15, 0.2) is 6.20 Å². The number of primary amides is 1. The molecule has 0 spiro atoms. The van der Waals surface area contributed by atoms with Crippen molar-refractivity contribution >= 4 is 5.91 Å². The fourth-order valence-corrected chi connectivity index (χ4v) is 0.790. The monoisotopic (exact) mass is 169 g/mol. The van der Waals surface area contributed by atoms with Crippen molar-refractivity contribution in [3.05, 3.63) is 11.9 Å². The Balaban J connectivity index is 2.29. The smallest absolute Gasteiger partial charge is 0.231 e. The lowest BCUT2D eigenvalue weighted by Crippen LogP contribution is -2.28. The highest BCUT2D eigenvalue weighted by Gasteiger charge is 1.97. The molecule has 0 aliphatic heterocycles. The van der Waals surface area contributed by atoms with Crippen LogP contribution in [0, 0.1) is 0 Å². The van der Waals surface area contributed by atoms with Gasteiger partial charge in [-0.25, -0.2) is 0 Å². The van der Waals surface area contributed by atoms with Crippen molar-refractivity contribution in [2.24, 2.45) is 12.8 Å². The molecule has 1 heterocycles. The van der Waals surface area contributed by atoms with Crippen LogP contribution in [0.5, 0.6) is 0 Å². The number of nitrogens with zero attached hydrogens (tertiary/aromatic N) is 3. The zero-order valence-electron chi connectivity index (χ0n) is 6.82. The molecule has 0 atom stereocenters. The summed E-state index contributed by atoms with van der Waals surface area (Å²) in [5.74, 6) is -0.376. The molecule has 1 amide bonds. The second-order valence-electron chi connectivity index (χ2n) is 2.45. The predicted octanol–water partition coefficient (Wildman–Crippen LogP) is -1.61. The molecule has 0 bridgehead atoms. The van der Waals surface area contributed by atoms with Crippen molar-refractivity contribution in [1.29, 1.82) is 0 Å². The first-order valence-corrected chi connectivity index (χ1v) is 3.52. The van der Waals surface area contributed by atoms with Crippen LogP contribution in [0.1, 0.15) is 5.69 Å². The highest BCUT2D eigenvalue weighted by atomic mass is 16.1. The van der Waals surface area contributed by atoms with E-state index in [4.69, 9.17) is 5.73 Å². The number of rotatable bonds is 4. The third-order valence-corrected chi connectivity index (χ3v) is 1.26. The van der Waals surface area contributed by atoms with E-state index in [0.717, 1.165) is 5.69 Å². The lowest BCUT2D eigenvalue weighted by Gasteiger charge is -1.96. The molecule has 0 aliphatic rings. The van der Waals surface area contributed by atoms with Crippen LogP contribution in [-0.2, 0) is 18.4 Å². The van der Waals surface area contributed by atoms with E-state index < -0.39 is 0 Å². The summed E-state index contributed by atoms with van der Waals surface area (Å²) in [6.07, 6.45) is 1.77. The van der Waals surface area contributed by atoms with E-state index in [-0.39, 0.29) is 12.5 Å². The van der Waals surface area contributed by atoms with Crippen molar-refractivity contribution in [3.63, 3.8) is 0 Å². The molecule has 1 rings (SSSR count). The van der Waals surface area contributed by atoms with Gasteiger partial charge in [0, 0.05) is 19.8 Å². The van der Waals surface area contributed by atoms with Gasteiger partial charge < -0.3 is 11.1 Å². The first kappa shape index (κ1) is 8.66. The van der Waals surface area contributed by atoms with Crippen LogP contribution < -0.4 is 11.1 Å². The Morgan fingerprint density at radius 2 is 2.58 bits per heavy atom. The maximum absolute atomic E-state index is 10.3. The molecule has 66 valence electrons. The number of carbonyl (C=O) groups excluding carboxylic acids is 1. The number of hydrogen-bond donors (Lipinski definition) is 2. The largest absolute Gasteiger partial charge is 0.369 e. The van der Waals surface area contributed by atoms with Gasteiger partial charge in [0.2, 0.25) is 5.91 Å². The average molecular weight is 169 g/mol. The van der Waals surface area contributed by atoms with Gasteiger partial charge in [0.25, 0.3) is 0 Å². The first-order valence-electron chi connectivity index (χ1n) is 3.52. The number of aromatic nitrogens is 3. The van der Waals surface area contributed by atoms with Crippen LogP contribution >= 0.6 is 0 Å². The van der Waals surface area contributed by atoms with Gasteiger partial charge in [-0.1, -0.05) is 5.21 Å². The van der Waals surface area contributed by atoms with Crippen LogP contribution in [-0.4, -0.2) is 27.4 Å². The molecule has 1 aromatic rings. The van der Waals surface area contributed by atoms with E-state index >= 15 is 0 Å². The molecule has 0 aliphatic carbocycles. The third-order valence-electron chi connectivity index (χ3n) is 1.26. The third kappa shape index (κ3) is 2.67. The second-order valence-corrected chi connectivity index (χ2v) is 2.45. The number of aryl methyl sites for hydroxylation is 1. The van der Waals surface area contributed by atoms with E-state index in [0.29, 0.717) is 6.54 Å². The standard InChI is InChI=1S/C6H11N5O/c1-11-4-5(9-10-11)2-8-3-6(7)12/h4,8H,2-3H2,1H3,(H2,7,12). The Bertz CT molecular complexity index is 269. The molecule has 0 aromatic carbocycles. The number of hydrogen-bond acceptors (Lipinski definition) is 4. The SMILES string of the molecule is Cn1cc(CNCC(N)=O)nn1. The molecule has 0 fully saturated rings. The summed E-state index contributed by atoms with van der Waals surface area (Å²) >= 11 is 0. The Labute approximate surface area is 69.7 Å². The van der Waals surface area contributed by atoms with E-state index in [2.05, 4.69) is 15.6 Å². The molecule has 1 aromatic heterocycles. The summed E-state index contributed by atoms with van der Waals surface area (Å²) in [6.45, 7) is 0.674. The van der Waals surface area contributed by atoms with Crippen molar-refractivity contribution in [1.82, 2.24) is 20.3 Å². The summed E-state index contributed by atoms with van der Waals surface area (Å²) in [4.78, 5) is 10.3. The van der Waals surface area contributed by atoms with Crippen LogP contribution in [0.3, 0.4) is 0 Å². The van der Waals surface area contributed by atoms with E-state index in [1.54, 1.807) is 17.9 Å². The van der Waals surface area contributed by atoms with Gasteiger partial charge in [-0.05, 0) is 0 Å². The number of amides is 1. The molecular weight excluding hydrogens is 158 g/mol. The van der Waals surface area contributed by atoms with E-state index in [9.17, 15) is 4.79 Å². The summed E-state index contributed by atoms with van der Waals surface area (Å²) in [5, 5.41) is 10.4. The van der Waals surface area contributed by atoms with Gasteiger partial charge in [0.15, 0.2) is 0 Å². The van der Waals surface area contributed by atoms with Crippen LogP contribution in [0.4, 0.5) is 0 Å². The number of carbonyl (C=O) groups is 1. The minimum absolute atomic E-state index is 0.163. The summed E-state index contributed by atoms with van der Waals surface area (Å²) in [7, 11) is 1.78. The fraction of sp³-hybridized carbons (Fsp3) is 0.500. The first-order chi connectivity index (χ1) is 5.68. The van der Waals surface area contributed by atoms with E-state index in [1.807, 2.05) is 0 Å². The van der Waals surface area contributed by atoms with Crippen molar-refractivity contribution in [2.75, 3.05) is 6.54 Å². The summed E-state index contributed by atoms with van der Waals surface area (Å²) < 4.78 is 1.60. The Kier molecular flexibility index (Phi) is 2.76. The second kappa shape index (κ2) is 3.82. The van der Waals surface area contributed by atoms with Crippen LogP contribution in [0.2, 0.25) is 0 Å². The molecule has 6 heteroatoms. The van der Waals surface area contributed by atoms with Crippen molar-refractivity contribution in [2.45, 2.75) is 6.54 Å². The van der Waals surface area contributed by atoms with E-state index in [1.165, 1.54) is 0 Å². The van der Waals surface area contributed by atoms with Gasteiger partial charge in [0.05, 0.1) is 12.2 Å². The molecule has 3 N–H and O–H groups in total. The Morgan fingerprint density at radius 1 is 1.83 bits per heavy atom. The zero-order valence-corrected chi connectivity index (χ0v) is 6.82. The highest BCUT2D eigenvalue weighted by molar-refractivity contribution is 5.75. The van der Waals surface area contributed by atoms with Crippen molar-refractivity contribution < 1.29 is 4.79 Å². The van der Waals surface area contributed by atoms with Gasteiger partial charge in [-0.2, -0.15) is 0 Å². The predicted molar refractivity (Wildman–Crippen MR) is 41.9 cm³/mol. The highest BCUT2D eigenvalue weighted by Crippen LogP contribution is 1.88. The van der Waals surface area contributed by atoms with Crippen LogP contribution in [0.25, 0.3) is 0 Å². The zero-order chi connectivity index (χ0) is 8.97. The van der Waals surface area contributed by atoms with Gasteiger partial charge >= 0.3 is 0 Å². The van der Waals surface area contributed by atoms with Crippen molar-refractivity contribution in [3.8, 4) is 0 Å². The van der Waals surface area contributed by atoms with Gasteiger partial charge in [-0.15, -0.1) is 5.10 Å². The lowest BCUT2D eigenvalue weighted by atomic mass is 10.4. The minimum Gasteiger partial charge on any atom is -0.369 e. The molecule has 0 radical (unpaired) electrons. The minimum atomic E-state index is -0.376.